The highest BCUT2D eigenvalue weighted by atomic mass is 79.9. The van der Waals surface area contributed by atoms with Gasteiger partial charge in [-0.2, -0.15) is 0 Å². The molecule has 26 heavy (non-hydrogen) atoms. The fraction of sp³-hybridized carbons (Fsp3) is 0.222. The summed E-state index contributed by atoms with van der Waals surface area (Å²) in [6.07, 6.45) is 5.23. The Bertz CT molecular complexity index is 871. The van der Waals surface area contributed by atoms with Crippen LogP contribution in [0.3, 0.4) is 0 Å². The molecule has 7 nitrogen and oxygen atoms in total. The molecule has 3 aromatic rings. The second-order valence-electron chi connectivity index (χ2n) is 6.01. The van der Waals surface area contributed by atoms with Crippen LogP contribution < -0.4 is 4.90 Å². The van der Waals surface area contributed by atoms with Gasteiger partial charge in [-0.15, -0.1) is 10.2 Å². The molecule has 0 unspecified atom stereocenters. The standard InChI is InChI=1S/C18H17BrN6O/c19-15-3-1-14(2-4-15)18(26)24-11-9-23(10-12-24)16-5-6-17(22-21-16)25-8-7-20-13-25/h1-8,13H,9-12H2. The molecular formula is C18H17BrN6O. The van der Waals surface area contributed by atoms with Gasteiger partial charge in [0.15, 0.2) is 11.6 Å². The molecule has 0 atom stereocenters. The Hall–Kier alpha value is -2.74. The monoisotopic (exact) mass is 412 g/mol. The van der Waals surface area contributed by atoms with E-state index in [1.807, 2.05) is 52.1 Å². The van der Waals surface area contributed by atoms with E-state index in [0.717, 1.165) is 29.2 Å². The van der Waals surface area contributed by atoms with Crippen molar-refractivity contribution >= 4 is 27.7 Å². The zero-order chi connectivity index (χ0) is 17.9. The summed E-state index contributed by atoms with van der Waals surface area (Å²) in [4.78, 5) is 20.6. The number of amides is 1. The molecule has 2 aromatic heterocycles. The number of rotatable bonds is 3. The summed E-state index contributed by atoms with van der Waals surface area (Å²) in [7, 11) is 0. The van der Waals surface area contributed by atoms with Crippen molar-refractivity contribution in [3.63, 3.8) is 0 Å². The van der Waals surface area contributed by atoms with Gasteiger partial charge in [0.1, 0.15) is 6.33 Å². The van der Waals surface area contributed by atoms with E-state index >= 15 is 0 Å². The van der Waals surface area contributed by atoms with Crippen LogP contribution in [0.4, 0.5) is 5.82 Å². The first-order valence-electron chi connectivity index (χ1n) is 8.32. The van der Waals surface area contributed by atoms with E-state index in [2.05, 4.69) is 36.0 Å². The lowest BCUT2D eigenvalue weighted by Crippen LogP contribution is -2.49. The van der Waals surface area contributed by atoms with Gasteiger partial charge in [-0.1, -0.05) is 15.9 Å². The van der Waals surface area contributed by atoms with E-state index in [1.165, 1.54) is 0 Å². The van der Waals surface area contributed by atoms with Gasteiger partial charge in [0, 0.05) is 48.6 Å². The number of carbonyl (C=O) groups is 1. The smallest absolute Gasteiger partial charge is 0.253 e. The van der Waals surface area contributed by atoms with Crippen LogP contribution in [0.1, 0.15) is 10.4 Å². The second kappa shape index (κ2) is 7.25. The van der Waals surface area contributed by atoms with Gasteiger partial charge in [-0.05, 0) is 36.4 Å². The van der Waals surface area contributed by atoms with E-state index in [1.54, 1.807) is 12.5 Å². The Kier molecular flexibility index (Phi) is 4.66. The molecule has 132 valence electrons. The third-order valence-electron chi connectivity index (χ3n) is 4.39. The van der Waals surface area contributed by atoms with Crippen molar-refractivity contribution in [3.8, 4) is 5.82 Å². The van der Waals surface area contributed by atoms with Crippen molar-refractivity contribution in [2.75, 3.05) is 31.1 Å². The summed E-state index contributed by atoms with van der Waals surface area (Å²) in [5.74, 6) is 1.62. The Balaban J connectivity index is 1.39. The molecule has 0 radical (unpaired) electrons. The first-order chi connectivity index (χ1) is 12.7. The second-order valence-corrected chi connectivity index (χ2v) is 6.92. The molecule has 1 amide bonds. The first kappa shape index (κ1) is 16.7. The Morgan fingerprint density at radius 2 is 1.62 bits per heavy atom. The van der Waals surface area contributed by atoms with Crippen molar-refractivity contribution in [2.24, 2.45) is 0 Å². The van der Waals surface area contributed by atoms with Crippen molar-refractivity contribution in [2.45, 2.75) is 0 Å². The number of piperazine rings is 1. The van der Waals surface area contributed by atoms with E-state index in [9.17, 15) is 4.79 Å². The molecule has 3 heterocycles. The SMILES string of the molecule is O=C(c1ccc(Br)cc1)N1CCN(c2ccc(-n3ccnc3)nn2)CC1. The minimum atomic E-state index is 0.0682. The van der Waals surface area contributed by atoms with Gasteiger partial charge >= 0.3 is 0 Å². The number of carbonyl (C=O) groups excluding carboxylic acids is 1. The third-order valence-corrected chi connectivity index (χ3v) is 4.92. The maximum Gasteiger partial charge on any atom is 0.253 e. The lowest BCUT2D eigenvalue weighted by Gasteiger charge is -2.35. The number of benzene rings is 1. The van der Waals surface area contributed by atoms with Gasteiger partial charge in [-0.3, -0.25) is 9.36 Å². The zero-order valence-electron chi connectivity index (χ0n) is 14.0. The summed E-state index contributed by atoms with van der Waals surface area (Å²) < 4.78 is 2.78. The van der Waals surface area contributed by atoms with Crippen LogP contribution >= 0.6 is 15.9 Å². The van der Waals surface area contributed by atoms with E-state index in [-0.39, 0.29) is 5.91 Å². The average molecular weight is 413 g/mol. The number of halogens is 1. The van der Waals surface area contributed by atoms with Crippen LogP contribution in [0.15, 0.2) is 59.6 Å². The molecule has 1 aliphatic heterocycles. The molecule has 0 aliphatic carbocycles. The topological polar surface area (TPSA) is 67.2 Å². The summed E-state index contributed by atoms with van der Waals surface area (Å²) >= 11 is 3.39. The van der Waals surface area contributed by atoms with E-state index in [0.29, 0.717) is 18.7 Å². The molecule has 1 saturated heterocycles. The van der Waals surface area contributed by atoms with Crippen LogP contribution in [-0.4, -0.2) is 56.7 Å². The van der Waals surface area contributed by atoms with Crippen LogP contribution in [0, 0.1) is 0 Å². The van der Waals surface area contributed by atoms with Crippen LogP contribution in [-0.2, 0) is 0 Å². The summed E-state index contributed by atoms with van der Waals surface area (Å²) in [6.45, 7) is 2.81. The lowest BCUT2D eigenvalue weighted by atomic mass is 10.2. The normalized spacial score (nSPS) is 14.5. The highest BCUT2D eigenvalue weighted by Crippen LogP contribution is 2.17. The largest absolute Gasteiger partial charge is 0.352 e. The molecule has 0 bridgehead atoms. The molecule has 0 N–H and O–H groups in total. The number of hydrogen-bond donors (Lipinski definition) is 0. The quantitative estimate of drug-likeness (QED) is 0.660. The highest BCUT2D eigenvalue weighted by Gasteiger charge is 2.23. The van der Waals surface area contributed by atoms with Crippen LogP contribution in [0.25, 0.3) is 5.82 Å². The van der Waals surface area contributed by atoms with Crippen LogP contribution in [0.5, 0.6) is 0 Å². The zero-order valence-corrected chi connectivity index (χ0v) is 15.6. The van der Waals surface area contributed by atoms with Gasteiger partial charge in [0.05, 0.1) is 0 Å². The molecule has 0 saturated carbocycles. The predicted octanol–water partition coefficient (Wildman–Crippen LogP) is 2.39. The van der Waals surface area contributed by atoms with E-state index in [4.69, 9.17) is 0 Å². The minimum Gasteiger partial charge on any atom is -0.352 e. The highest BCUT2D eigenvalue weighted by molar-refractivity contribution is 9.10. The number of imidazole rings is 1. The van der Waals surface area contributed by atoms with Crippen molar-refractivity contribution in [1.29, 1.82) is 0 Å². The summed E-state index contributed by atoms with van der Waals surface area (Å²) in [5.41, 5.74) is 0.714. The lowest BCUT2D eigenvalue weighted by molar-refractivity contribution is 0.0746. The van der Waals surface area contributed by atoms with E-state index < -0.39 is 0 Å². The van der Waals surface area contributed by atoms with Gasteiger partial charge in [0.2, 0.25) is 0 Å². The van der Waals surface area contributed by atoms with Crippen LogP contribution in [0.2, 0.25) is 0 Å². The third kappa shape index (κ3) is 3.45. The number of anilines is 1. The fourth-order valence-corrected chi connectivity index (χ4v) is 3.20. The molecule has 0 spiro atoms. The molecule has 4 rings (SSSR count). The average Bonchev–Trinajstić information content (AvgIpc) is 3.23. The predicted molar refractivity (Wildman–Crippen MR) is 101 cm³/mol. The fourth-order valence-electron chi connectivity index (χ4n) is 2.93. The molecule has 1 aromatic carbocycles. The number of aromatic nitrogens is 4. The van der Waals surface area contributed by atoms with Crippen molar-refractivity contribution in [3.05, 3.63) is 65.2 Å². The number of hydrogen-bond acceptors (Lipinski definition) is 5. The Labute approximate surface area is 159 Å². The van der Waals surface area contributed by atoms with Gasteiger partial charge in [-0.25, -0.2) is 4.98 Å². The van der Waals surface area contributed by atoms with Crippen molar-refractivity contribution in [1.82, 2.24) is 24.6 Å². The maximum atomic E-state index is 12.6. The minimum absolute atomic E-state index is 0.0682. The Morgan fingerprint density at radius 1 is 0.923 bits per heavy atom. The first-order valence-corrected chi connectivity index (χ1v) is 9.12. The van der Waals surface area contributed by atoms with Crippen molar-refractivity contribution < 1.29 is 4.79 Å². The van der Waals surface area contributed by atoms with Gasteiger partial charge in [0.25, 0.3) is 5.91 Å². The van der Waals surface area contributed by atoms with Gasteiger partial charge < -0.3 is 9.80 Å². The molecular weight excluding hydrogens is 396 g/mol. The summed E-state index contributed by atoms with van der Waals surface area (Å²) in [5, 5.41) is 8.57. The summed E-state index contributed by atoms with van der Waals surface area (Å²) in [6, 6.07) is 11.3. The molecule has 1 fully saturated rings. The Morgan fingerprint density at radius 3 is 2.23 bits per heavy atom. The molecule has 8 heteroatoms. The number of nitrogens with zero attached hydrogens (tertiary/aromatic N) is 6. The molecule has 1 aliphatic rings. The maximum absolute atomic E-state index is 12.6.